The molecule has 1 amide bonds. The standard InChI is InChI=1S/C14H17NO2S2/c1-10-8-13(19-12(10)4-3-6-16)14(17)15(2)11-5-7-18-9-11/h8,11,16H,5-7,9H2,1-2H3. The Morgan fingerprint density at radius 2 is 2.42 bits per heavy atom. The van der Waals surface area contributed by atoms with Crippen molar-refractivity contribution < 1.29 is 9.90 Å². The van der Waals surface area contributed by atoms with E-state index in [0.29, 0.717) is 6.04 Å². The number of nitrogens with zero attached hydrogens (tertiary/aromatic N) is 1. The number of thioether (sulfide) groups is 1. The SMILES string of the molecule is Cc1cc(C(=O)N(C)C2CCSC2)sc1C#CCO. The van der Waals surface area contributed by atoms with Gasteiger partial charge in [0, 0.05) is 18.8 Å². The first kappa shape index (κ1) is 14.4. The summed E-state index contributed by atoms with van der Waals surface area (Å²) in [7, 11) is 1.88. The zero-order valence-electron chi connectivity index (χ0n) is 11.1. The first-order valence-corrected chi connectivity index (χ1v) is 8.15. The summed E-state index contributed by atoms with van der Waals surface area (Å²) in [4.78, 5) is 15.9. The van der Waals surface area contributed by atoms with E-state index in [1.807, 2.05) is 36.7 Å². The third-order valence-electron chi connectivity index (χ3n) is 3.18. The average Bonchev–Trinajstić information content (AvgIpc) is 3.04. The van der Waals surface area contributed by atoms with Crippen LogP contribution in [0.25, 0.3) is 0 Å². The van der Waals surface area contributed by atoms with Crippen LogP contribution in [0.15, 0.2) is 6.07 Å². The van der Waals surface area contributed by atoms with Crippen LogP contribution in [-0.2, 0) is 0 Å². The van der Waals surface area contributed by atoms with E-state index in [2.05, 4.69) is 11.8 Å². The minimum atomic E-state index is -0.153. The zero-order valence-corrected chi connectivity index (χ0v) is 12.7. The van der Waals surface area contributed by atoms with Gasteiger partial charge in [0.15, 0.2) is 0 Å². The molecule has 1 aliphatic rings. The molecule has 1 aromatic rings. The summed E-state index contributed by atoms with van der Waals surface area (Å²) < 4.78 is 0. The summed E-state index contributed by atoms with van der Waals surface area (Å²) in [6, 6.07) is 2.25. The molecule has 1 atom stereocenters. The van der Waals surface area contributed by atoms with Gasteiger partial charge in [-0.2, -0.15) is 11.8 Å². The van der Waals surface area contributed by atoms with Crippen LogP contribution in [0.5, 0.6) is 0 Å². The first-order valence-electron chi connectivity index (χ1n) is 6.18. The largest absolute Gasteiger partial charge is 0.384 e. The van der Waals surface area contributed by atoms with Gasteiger partial charge in [0.25, 0.3) is 5.91 Å². The third kappa shape index (κ3) is 3.33. The van der Waals surface area contributed by atoms with Gasteiger partial charge in [-0.15, -0.1) is 11.3 Å². The van der Waals surface area contributed by atoms with Crippen molar-refractivity contribution in [1.29, 1.82) is 0 Å². The molecule has 0 bridgehead atoms. The highest BCUT2D eigenvalue weighted by molar-refractivity contribution is 7.99. The topological polar surface area (TPSA) is 40.5 Å². The molecule has 1 saturated heterocycles. The van der Waals surface area contributed by atoms with Gasteiger partial charge in [0.05, 0.1) is 9.75 Å². The number of rotatable bonds is 2. The molecule has 3 nitrogen and oxygen atoms in total. The maximum absolute atomic E-state index is 12.4. The normalized spacial score (nSPS) is 17.9. The quantitative estimate of drug-likeness (QED) is 0.848. The van der Waals surface area contributed by atoms with E-state index >= 15 is 0 Å². The molecule has 0 aromatic carbocycles. The number of aliphatic hydroxyl groups excluding tert-OH is 1. The molecule has 102 valence electrons. The van der Waals surface area contributed by atoms with E-state index in [1.165, 1.54) is 11.3 Å². The van der Waals surface area contributed by atoms with Crippen LogP contribution < -0.4 is 0 Å². The first-order chi connectivity index (χ1) is 9.13. The fourth-order valence-corrected chi connectivity index (χ4v) is 4.30. The smallest absolute Gasteiger partial charge is 0.263 e. The van der Waals surface area contributed by atoms with Crippen LogP contribution >= 0.6 is 23.1 Å². The summed E-state index contributed by atoms with van der Waals surface area (Å²) in [5.41, 5.74) is 1.00. The summed E-state index contributed by atoms with van der Waals surface area (Å²) in [5.74, 6) is 7.77. The van der Waals surface area contributed by atoms with Crippen LogP contribution in [0, 0.1) is 18.8 Å². The second-order valence-corrected chi connectivity index (χ2v) is 6.72. The highest BCUT2D eigenvalue weighted by Gasteiger charge is 2.25. The molecule has 0 radical (unpaired) electrons. The number of hydrogen-bond acceptors (Lipinski definition) is 4. The molecule has 1 aromatic heterocycles. The van der Waals surface area contributed by atoms with Gasteiger partial charge in [-0.05, 0) is 30.7 Å². The van der Waals surface area contributed by atoms with E-state index in [-0.39, 0.29) is 12.5 Å². The maximum atomic E-state index is 12.4. The summed E-state index contributed by atoms with van der Waals surface area (Å²) >= 11 is 3.31. The van der Waals surface area contributed by atoms with Gasteiger partial charge in [-0.3, -0.25) is 4.79 Å². The lowest BCUT2D eigenvalue weighted by molar-refractivity contribution is 0.0752. The third-order valence-corrected chi connectivity index (χ3v) is 5.47. The van der Waals surface area contributed by atoms with Crippen LogP contribution in [0.2, 0.25) is 0 Å². The molecular weight excluding hydrogens is 278 g/mol. The van der Waals surface area contributed by atoms with E-state index in [0.717, 1.165) is 33.2 Å². The molecule has 1 aliphatic heterocycles. The maximum Gasteiger partial charge on any atom is 0.263 e. The Kier molecular flexibility index (Phi) is 4.92. The predicted octanol–water partition coefficient (Wildman–Crippen LogP) is 1.98. The second-order valence-electron chi connectivity index (χ2n) is 4.52. The Balaban J connectivity index is 2.14. The van der Waals surface area contributed by atoms with Crippen molar-refractivity contribution in [3.05, 3.63) is 21.4 Å². The molecule has 0 spiro atoms. The van der Waals surface area contributed by atoms with Crippen molar-refractivity contribution in [1.82, 2.24) is 4.90 Å². The fourth-order valence-electron chi connectivity index (χ4n) is 2.00. The lowest BCUT2D eigenvalue weighted by atomic mass is 10.2. The van der Waals surface area contributed by atoms with Gasteiger partial charge in [0.1, 0.15) is 6.61 Å². The number of aliphatic hydroxyl groups is 1. The Hall–Kier alpha value is -0.960. The van der Waals surface area contributed by atoms with E-state index in [9.17, 15) is 4.79 Å². The number of carbonyl (C=O) groups excluding carboxylic acids is 1. The van der Waals surface area contributed by atoms with Gasteiger partial charge in [0.2, 0.25) is 0 Å². The van der Waals surface area contributed by atoms with Crippen molar-refractivity contribution in [2.75, 3.05) is 25.2 Å². The summed E-state index contributed by atoms with van der Waals surface area (Å²) in [6.07, 6.45) is 1.08. The van der Waals surface area contributed by atoms with Crippen LogP contribution in [0.3, 0.4) is 0 Å². The minimum Gasteiger partial charge on any atom is -0.384 e. The minimum absolute atomic E-state index is 0.0812. The number of thiophene rings is 1. The Morgan fingerprint density at radius 1 is 1.63 bits per heavy atom. The van der Waals surface area contributed by atoms with Crippen molar-refractivity contribution >= 4 is 29.0 Å². The molecule has 1 unspecified atom stereocenters. The molecule has 19 heavy (non-hydrogen) atoms. The highest BCUT2D eigenvalue weighted by atomic mass is 32.2. The number of amides is 1. The van der Waals surface area contributed by atoms with Crippen molar-refractivity contribution in [2.45, 2.75) is 19.4 Å². The molecule has 1 N–H and O–H groups in total. The van der Waals surface area contributed by atoms with E-state index in [4.69, 9.17) is 5.11 Å². The number of aryl methyl sites for hydroxylation is 1. The monoisotopic (exact) mass is 295 g/mol. The Morgan fingerprint density at radius 3 is 3.05 bits per heavy atom. The van der Waals surface area contributed by atoms with Gasteiger partial charge < -0.3 is 10.0 Å². The Labute approximate surface area is 122 Å². The fraction of sp³-hybridized carbons (Fsp3) is 0.500. The second kappa shape index (κ2) is 6.47. The molecule has 0 aliphatic carbocycles. The lowest BCUT2D eigenvalue weighted by Gasteiger charge is -2.22. The van der Waals surface area contributed by atoms with Crippen molar-refractivity contribution in [3.8, 4) is 11.8 Å². The molecule has 5 heteroatoms. The zero-order chi connectivity index (χ0) is 13.8. The van der Waals surface area contributed by atoms with Gasteiger partial charge in [-0.1, -0.05) is 11.8 Å². The van der Waals surface area contributed by atoms with Crippen LogP contribution in [0.1, 0.15) is 26.5 Å². The average molecular weight is 295 g/mol. The molecule has 2 heterocycles. The van der Waals surface area contributed by atoms with Gasteiger partial charge >= 0.3 is 0 Å². The number of hydrogen-bond donors (Lipinski definition) is 1. The number of carbonyl (C=O) groups is 1. The molecule has 0 saturated carbocycles. The van der Waals surface area contributed by atoms with Crippen molar-refractivity contribution in [2.24, 2.45) is 0 Å². The summed E-state index contributed by atoms with van der Waals surface area (Å²) in [6.45, 7) is 1.79. The lowest BCUT2D eigenvalue weighted by Crippen LogP contribution is -2.36. The molecular formula is C14H17NO2S2. The molecule has 1 fully saturated rings. The van der Waals surface area contributed by atoms with E-state index < -0.39 is 0 Å². The van der Waals surface area contributed by atoms with Crippen LogP contribution in [-0.4, -0.2) is 47.1 Å². The van der Waals surface area contributed by atoms with Crippen molar-refractivity contribution in [3.63, 3.8) is 0 Å². The highest BCUT2D eigenvalue weighted by Crippen LogP contribution is 2.26. The van der Waals surface area contributed by atoms with E-state index in [1.54, 1.807) is 0 Å². The van der Waals surface area contributed by atoms with Crippen LogP contribution in [0.4, 0.5) is 0 Å². The molecule has 2 rings (SSSR count). The predicted molar refractivity (Wildman–Crippen MR) is 80.8 cm³/mol. The summed E-state index contributed by atoms with van der Waals surface area (Å²) in [5, 5.41) is 8.72. The Bertz CT molecular complexity index is 521. The van der Waals surface area contributed by atoms with Gasteiger partial charge in [-0.25, -0.2) is 0 Å².